The van der Waals surface area contributed by atoms with Crippen LogP contribution in [-0.2, 0) is 11.2 Å². The lowest BCUT2D eigenvalue weighted by molar-refractivity contribution is -0.136. The van der Waals surface area contributed by atoms with Gasteiger partial charge < -0.3 is 14.6 Å². The molecule has 0 aliphatic rings. The highest BCUT2D eigenvalue weighted by atomic mass is 79.9. The van der Waals surface area contributed by atoms with Gasteiger partial charge in [-0.15, -0.1) is 11.3 Å². The van der Waals surface area contributed by atoms with E-state index in [1.807, 2.05) is 11.4 Å². The fraction of sp³-hybridized carbons (Fsp3) is 0.231. The van der Waals surface area contributed by atoms with Gasteiger partial charge in [0.1, 0.15) is 16.5 Å². The van der Waals surface area contributed by atoms with Crippen LogP contribution in [0.1, 0.15) is 5.01 Å². The number of rotatable bonds is 5. The van der Waals surface area contributed by atoms with Crippen molar-refractivity contribution in [3.8, 4) is 22.8 Å². The van der Waals surface area contributed by atoms with Crippen LogP contribution in [0, 0.1) is 0 Å². The van der Waals surface area contributed by atoms with E-state index in [1.165, 1.54) is 11.3 Å². The summed E-state index contributed by atoms with van der Waals surface area (Å²) in [5.41, 5.74) is 1.44. The van der Waals surface area contributed by atoms with Crippen molar-refractivity contribution in [2.45, 2.75) is 6.42 Å². The number of methoxy groups -OCH3 is 2. The maximum atomic E-state index is 10.7. The third kappa shape index (κ3) is 3.10. The van der Waals surface area contributed by atoms with Crippen molar-refractivity contribution in [3.05, 3.63) is 27.0 Å². The van der Waals surface area contributed by atoms with Gasteiger partial charge in [0.05, 0.1) is 30.8 Å². The summed E-state index contributed by atoms with van der Waals surface area (Å²) in [5, 5.41) is 11.1. The molecule has 0 aliphatic heterocycles. The number of aromatic nitrogens is 1. The number of hydrogen-bond acceptors (Lipinski definition) is 5. The number of carboxylic acid groups (broad SMARTS) is 1. The van der Waals surface area contributed by atoms with Crippen LogP contribution in [0.2, 0.25) is 0 Å². The second-order valence-electron chi connectivity index (χ2n) is 3.88. The van der Waals surface area contributed by atoms with Gasteiger partial charge in [0.25, 0.3) is 0 Å². The topological polar surface area (TPSA) is 68.7 Å². The molecule has 7 heteroatoms. The fourth-order valence-electron chi connectivity index (χ4n) is 1.71. The van der Waals surface area contributed by atoms with Crippen molar-refractivity contribution in [2.24, 2.45) is 0 Å². The number of carbonyl (C=O) groups is 1. The molecule has 0 saturated heterocycles. The minimum absolute atomic E-state index is 0.0827. The van der Waals surface area contributed by atoms with Crippen LogP contribution < -0.4 is 9.47 Å². The number of carboxylic acids is 1. The lowest BCUT2D eigenvalue weighted by Crippen LogP contribution is -1.99. The van der Waals surface area contributed by atoms with E-state index in [4.69, 9.17) is 14.6 Å². The first kappa shape index (κ1) is 14.8. The van der Waals surface area contributed by atoms with Crippen LogP contribution in [0.15, 0.2) is 22.0 Å². The van der Waals surface area contributed by atoms with Gasteiger partial charge in [-0.05, 0) is 28.1 Å². The Kier molecular flexibility index (Phi) is 4.61. The summed E-state index contributed by atoms with van der Waals surface area (Å²) in [5.74, 6) is 0.407. The van der Waals surface area contributed by atoms with Crippen molar-refractivity contribution in [1.82, 2.24) is 4.98 Å². The zero-order chi connectivity index (χ0) is 14.7. The van der Waals surface area contributed by atoms with E-state index < -0.39 is 5.97 Å². The maximum Gasteiger partial charge on any atom is 0.310 e. The molecule has 0 saturated carbocycles. The Bertz CT molecular complexity index is 641. The Balaban J connectivity index is 2.45. The molecule has 0 aliphatic carbocycles. The lowest BCUT2D eigenvalue weighted by Gasteiger charge is -2.10. The second-order valence-corrected chi connectivity index (χ2v) is 5.68. The molecule has 0 spiro atoms. The molecule has 0 radical (unpaired) electrons. The average Bonchev–Trinajstić information content (AvgIpc) is 2.85. The van der Waals surface area contributed by atoms with E-state index in [9.17, 15) is 4.79 Å². The van der Waals surface area contributed by atoms with E-state index in [-0.39, 0.29) is 6.42 Å². The first-order valence-corrected chi connectivity index (χ1v) is 7.30. The van der Waals surface area contributed by atoms with Crippen molar-refractivity contribution in [2.75, 3.05) is 14.2 Å². The highest BCUT2D eigenvalue weighted by Crippen LogP contribution is 2.38. The highest BCUT2D eigenvalue weighted by molar-refractivity contribution is 9.10. The third-order valence-electron chi connectivity index (χ3n) is 2.60. The van der Waals surface area contributed by atoms with Gasteiger partial charge in [0.15, 0.2) is 0 Å². The largest absolute Gasteiger partial charge is 0.496 e. The van der Waals surface area contributed by atoms with Gasteiger partial charge in [-0.3, -0.25) is 4.79 Å². The minimum Gasteiger partial charge on any atom is -0.496 e. The second kappa shape index (κ2) is 6.23. The molecular formula is C13H12BrNO4S. The number of hydrogen-bond donors (Lipinski definition) is 1. The molecule has 0 fully saturated rings. The zero-order valence-electron chi connectivity index (χ0n) is 10.8. The van der Waals surface area contributed by atoms with E-state index in [2.05, 4.69) is 20.9 Å². The standard InChI is InChI=1S/C13H12BrNO4S/c1-18-10-4-8(14)11(19-2)3-7(10)9-6-20-12(15-9)5-13(16)17/h3-4,6H,5H2,1-2H3,(H,16,17). The first-order chi connectivity index (χ1) is 9.55. The molecule has 1 heterocycles. The SMILES string of the molecule is COc1cc(-c2csc(CC(=O)O)n2)c(OC)cc1Br. The van der Waals surface area contributed by atoms with Crippen molar-refractivity contribution < 1.29 is 19.4 Å². The molecule has 0 amide bonds. The predicted molar refractivity (Wildman–Crippen MR) is 79.7 cm³/mol. The Morgan fingerprint density at radius 3 is 2.65 bits per heavy atom. The summed E-state index contributed by atoms with van der Waals surface area (Å²) in [7, 11) is 3.15. The summed E-state index contributed by atoms with van der Waals surface area (Å²) in [6.07, 6.45) is -0.0827. The molecule has 1 N–H and O–H groups in total. The molecule has 0 bridgehead atoms. The van der Waals surface area contributed by atoms with Crippen LogP contribution in [0.25, 0.3) is 11.3 Å². The summed E-state index contributed by atoms with van der Waals surface area (Å²) in [6, 6.07) is 3.60. The van der Waals surface area contributed by atoms with Crippen LogP contribution in [0.4, 0.5) is 0 Å². The summed E-state index contributed by atoms with van der Waals surface area (Å²) in [4.78, 5) is 15.0. The van der Waals surface area contributed by atoms with E-state index >= 15 is 0 Å². The van der Waals surface area contributed by atoms with E-state index in [0.717, 1.165) is 10.0 Å². The van der Waals surface area contributed by atoms with E-state index in [0.29, 0.717) is 22.2 Å². The maximum absolute atomic E-state index is 10.7. The van der Waals surface area contributed by atoms with Crippen LogP contribution >= 0.6 is 27.3 Å². The molecule has 1 aromatic heterocycles. The molecule has 2 rings (SSSR count). The third-order valence-corrected chi connectivity index (χ3v) is 4.07. The van der Waals surface area contributed by atoms with Crippen molar-refractivity contribution in [1.29, 1.82) is 0 Å². The summed E-state index contributed by atoms with van der Waals surface area (Å²) >= 11 is 4.70. The Hall–Kier alpha value is -1.60. The molecule has 1 aromatic carbocycles. The molecule has 0 unspecified atom stereocenters. The van der Waals surface area contributed by atoms with Gasteiger partial charge in [-0.1, -0.05) is 0 Å². The monoisotopic (exact) mass is 357 g/mol. The molecule has 2 aromatic rings. The van der Waals surface area contributed by atoms with Gasteiger partial charge in [-0.2, -0.15) is 0 Å². The number of ether oxygens (including phenoxy) is 2. The first-order valence-electron chi connectivity index (χ1n) is 5.63. The quantitative estimate of drug-likeness (QED) is 0.889. The molecule has 20 heavy (non-hydrogen) atoms. The average molecular weight is 358 g/mol. The lowest BCUT2D eigenvalue weighted by atomic mass is 10.1. The van der Waals surface area contributed by atoms with Crippen molar-refractivity contribution >= 4 is 33.2 Å². The van der Waals surface area contributed by atoms with Crippen molar-refractivity contribution in [3.63, 3.8) is 0 Å². The van der Waals surface area contributed by atoms with Gasteiger partial charge in [0.2, 0.25) is 0 Å². The van der Waals surface area contributed by atoms with Gasteiger partial charge >= 0.3 is 5.97 Å². The number of thiazole rings is 1. The predicted octanol–water partition coefficient (Wildman–Crippen LogP) is 3.22. The smallest absolute Gasteiger partial charge is 0.310 e. The van der Waals surface area contributed by atoms with E-state index in [1.54, 1.807) is 20.3 Å². The fourth-order valence-corrected chi connectivity index (χ4v) is 2.98. The zero-order valence-corrected chi connectivity index (χ0v) is 13.2. The molecular weight excluding hydrogens is 346 g/mol. The normalized spacial score (nSPS) is 10.3. The number of aliphatic carboxylic acids is 1. The number of nitrogens with zero attached hydrogens (tertiary/aromatic N) is 1. The Morgan fingerprint density at radius 2 is 2.05 bits per heavy atom. The molecule has 0 atom stereocenters. The summed E-state index contributed by atoms with van der Waals surface area (Å²) < 4.78 is 11.4. The number of benzene rings is 1. The van der Waals surface area contributed by atoms with Crippen LogP contribution in [0.5, 0.6) is 11.5 Å². The van der Waals surface area contributed by atoms with Gasteiger partial charge in [-0.25, -0.2) is 4.98 Å². The molecule has 106 valence electrons. The minimum atomic E-state index is -0.897. The Morgan fingerprint density at radius 1 is 1.35 bits per heavy atom. The highest BCUT2D eigenvalue weighted by Gasteiger charge is 2.15. The van der Waals surface area contributed by atoms with Crippen LogP contribution in [0.3, 0.4) is 0 Å². The van der Waals surface area contributed by atoms with Crippen LogP contribution in [-0.4, -0.2) is 30.3 Å². The molecule has 5 nitrogen and oxygen atoms in total. The Labute approximate surface area is 128 Å². The van der Waals surface area contributed by atoms with Gasteiger partial charge in [0, 0.05) is 10.9 Å². The number of halogens is 1. The summed E-state index contributed by atoms with van der Waals surface area (Å²) in [6.45, 7) is 0.